The van der Waals surface area contributed by atoms with E-state index in [2.05, 4.69) is 5.32 Å². The van der Waals surface area contributed by atoms with Crippen molar-refractivity contribution in [1.82, 2.24) is 0 Å². The fourth-order valence-corrected chi connectivity index (χ4v) is 2.11. The molecule has 4 heteroatoms. The first-order valence-electron chi connectivity index (χ1n) is 6.81. The third-order valence-corrected chi connectivity index (χ3v) is 3.14. The number of anilines is 1. The second-order valence-corrected chi connectivity index (χ2v) is 4.67. The Morgan fingerprint density at radius 1 is 1.19 bits per heavy atom. The molecule has 2 N–H and O–H groups in total. The van der Waals surface area contributed by atoms with Crippen LogP contribution in [0.2, 0.25) is 0 Å². The zero-order valence-corrected chi connectivity index (χ0v) is 11.9. The minimum atomic E-state index is -0.529. The third kappa shape index (κ3) is 3.98. The molecule has 0 aliphatic carbocycles. The van der Waals surface area contributed by atoms with Gasteiger partial charge < -0.3 is 15.2 Å². The van der Waals surface area contributed by atoms with Gasteiger partial charge in [0.2, 0.25) is 0 Å². The number of nitrogens with zero attached hydrogens (tertiary/aromatic N) is 1. The molecule has 2 aromatic carbocycles. The number of para-hydroxylation sites is 2. The fraction of sp³-hybridized carbons (Fsp3) is 0.235. The molecule has 4 nitrogen and oxygen atoms in total. The Bertz CT molecular complexity index is 633. The van der Waals surface area contributed by atoms with Gasteiger partial charge in [0.15, 0.2) is 6.61 Å². The van der Waals surface area contributed by atoms with Crippen LogP contribution in [-0.4, -0.2) is 11.7 Å². The van der Waals surface area contributed by atoms with Gasteiger partial charge in [-0.25, -0.2) is 0 Å². The van der Waals surface area contributed by atoms with Crippen LogP contribution in [0.4, 0.5) is 5.69 Å². The van der Waals surface area contributed by atoms with Crippen LogP contribution >= 0.6 is 0 Å². The third-order valence-electron chi connectivity index (χ3n) is 3.14. The Balaban J connectivity index is 2.12. The van der Waals surface area contributed by atoms with E-state index in [1.165, 1.54) is 0 Å². The summed E-state index contributed by atoms with van der Waals surface area (Å²) in [6.07, 6.45) is -0.529. The molecule has 0 aromatic heterocycles. The van der Waals surface area contributed by atoms with Crippen molar-refractivity contribution in [1.29, 1.82) is 5.26 Å². The Kier molecular flexibility index (Phi) is 5.19. The topological polar surface area (TPSA) is 65.3 Å². The standard InChI is InChI=1S/C17H18N2O2/c1-13(20)15-7-3-4-8-16(15)19-12-14-6-2-5-9-17(14)21-11-10-18/h2-9,13,19-20H,11-12H2,1H3. The van der Waals surface area contributed by atoms with Gasteiger partial charge in [0.25, 0.3) is 0 Å². The van der Waals surface area contributed by atoms with Gasteiger partial charge in [0, 0.05) is 23.4 Å². The number of ether oxygens (including phenoxy) is 1. The zero-order valence-electron chi connectivity index (χ0n) is 11.9. The summed E-state index contributed by atoms with van der Waals surface area (Å²) in [5, 5.41) is 21.7. The Morgan fingerprint density at radius 3 is 2.67 bits per heavy atom. The second kappa shape index (κ2) is 7.32. The SMILES string of the molecule is CC(O)c1ccccc1NCc1ccccc1OCC#N. The van der Waals surface area contributed by atoms with E-state index >= 15 is 0 Å². The molecule has 0 saturated heterocycles. The molecular weight excluding hydrogens is 264 g/mol. The molecule has 0 heterocycles. The van der Waals surface area contributed by atoms with Gasteiger partial charge in [-0.15, -0.1) is 0 Å². The number of hydrogen-bond acceptors (Lipinski definition) is 4. The van der Waals surface area contributed by atoms with Crippen molar-refractivity contribution in [2.24, 2.45) is 0 Å². The summed E-state index contributed by atoms with van der Waals surface area (Å²) in [6.45, 7) is 2.33. The Morgan fingerprint density at radius 2 is 1.90 bits per heavy atom. The summed E-state index contributed by atoms with van der Waals surface area (Å²) in [4.78, 5) is 0. The number of benzene rings is 2. The van der Waals surface area contributed by atoms with Gasteiger partial charge >= 0.3 is 0 Å². The number of nitrogens with one attached hydrogen (secondary N) is 1. The molecular formula is C17H18N2O2. The minimum Gasteiger partial charge on any atom is -0.478 e. The van der Waals surface area contributed by atoms with Crippen LogP contribution in [0, 0.1) is 11.3 Å². The van der Waals surface area contributed by atoms with Gasteiger partial charge in [-0.1, -0.05) is 36.4 Å². The fourth-order valence-electron chi connectivity index (χ4n) is 2.11. The lowest BCUT2D eigenvalue weighted by Crippen LogP contribution is -2.06. The number of aliphatic hydroxyl groups excluding tert-OH is 1. The van der Waals surface area contributed by atoms with Gasteiger partial charge in [-0.2, -0.15) is 5.26 Å². The molecule has 0 spiro atoms. The Hall–Kier alpha value is -2.51. The van der Waals surface area contributed by atoms with E-state index in [-0.39, 0.29) is 6.61 Å². The van der Waals surface area contributed by atoms with E-state index < -0.39 is 6.10 Å². The maximum Gasteiger partial charge on any atom is 0.174 e. The van der Waals surface area contributed by atoms with Crippen LogP contribution in [0.15, 0.2) is 48.5 Å². The number of nitriles is 1. The lowest BCUT2D eigenvalue weighted by molar-refractivity contribution is 0.200. The first kappa shape index (κ1) is 14.9. The van der Waals surface area contributed by atoms with E-state index in [0.717, 1.165) is 16.8 Å². The highest BCUT2D eigenvalue weighted by molar-refractivity contribution is 5.53. The van der Waals surface area contributed by atoms with E-state index in [1.807, 2.05) is 54.6 Å². The van der Waals surface area contributed by atoms with Crippen LogP contribution in [0.25, 0.3) is 0 Å². The maximum absolute atomic E-state index is 9.77. The lowest BCUT2D eigenvalue weighted by Gasteiger charge is -2.15. The average Bonchev–Trinajstić information content (AvgIpc) is 2.52. The quantitative estimate of drug-likeness (QED) is 0.853. The highest BCUT2D eigenvalue weighted by atomic mass is 16.5. The molecule has 0 bridgehead atoms. The highest BCUT2D eigenvalue weighted by Gasteiger charge is 2.08. The molecule has 108 valence electrons. The molecule has 1 unspecified atom stereocenters. The van der Waals surface area contributed by atoms with E-state index in [0.29, 0.717) is 12.3 Å². The Labute approximate surface area is 124 Å². The van der Waals surface area contributed by atoms with Crippen molar-refractivity contribution in [3.8, 4) is 11.8 Å². The van der Waals surface area contributed by atoms with E-state index in [4.69, 9.17) is 10.00 Å². The minimum absolute atomic E-state index is 0.0290. The summed E-state index contributed by atoms with van der Waals surface area (Å²) in [6, 6.07) is 17.2. The second-order valence-electron chi connectivity index (χ2n) is 4.67. The first-order valence-corrected chi connectivity index (χ1v) is 6.81. The highest BCUT2D eigenvalue weighted by Crippen LogP contribution is 2.24. The summed E-state index contributed by atoms with van der Waals surface area (Å²) in [5.74, 6) is 0.695. The molecule has 0 aliphatic heterocycles. The predicted molar refractivity (Wildman–Crippen MR) is 82.0 cm³/mol. The van der Waals surface area contributed by atoms with Crippen LogP contribution in [0.1, 0.15) is 24.2 Å². The van der Waals surface area contributed by atoms with Crippen LogP contribution in [0.5, 0.6) is 5.75 Å². The normalized spacial score (nSPS) is 11.5. The maximum atomic E-state index is 9.77. The van der Waals surface area contributed by atoms with Crippen molar-refractivity contribution in [3.05, 3.63) is 59.7 Å². The molecule has 0 aliphatic rings. The monoisotopic (exact) mass is 282 g/mol. The van der Waals surface area contributed by atoms with Gasteiger partial charge in [-0.05, 0) is 19.1 Å². The van der Waals surface area contributed by atoms with E-state index in [9.17, 15) is 5.11 Å². The summed E-state index contributed by atoms with van der Waals surface area (Å²) in [5.41, 5.74) is 2.71. The largest absolute Gasteiger partial charge is 0.478 e. The van der Waals surface area contributed by atoms with Crippen molar-refractivity contribution in [2.45, 2.75) is 19.6 Å². The van der Waals surface area contributed by atoms with Gasteiger partial charge in [0.1, 0.15) is 11.8 Å². The van der Waals surface area contributed by atoms with E-state index in [1.54, 1.807) is 6.92 Å². The summed E-state index contributed by atoms with van der Waals surface area (Å²) in [7, 11) is 0. The molecule has 0 radical (unpaired) electrons. The first-order chi connectivity index (χ1) is 10.2. The molecule has 2 rings (SSSR count). The number of rotatable bonds is 6. The van der Waals surface area contributed by atoms with Crippen LogP contribution in [0.3, 0.4) is 0 Å². The van der Waals surface area contributed by atoms with Crippen LogP contribution < -0.4 is 10.1 Å². The molecule has 0 saturated carbocycles. The molecule has 1 atom stereocenters. The van der Waals surface area contributed by atoms with Crippen molar-refractivity contribution < 1.29 is 9.84 Å². The van der Waals surface area contributed by atoms with Crippen LogP contribution in [-0.2, 0) is 6.54 Å². The predicted octanol–water partition coefficient (Wildman–Crippen LogP) is 3.25. The summed E-state index contributed by atoms with van der Waals surface area (Å²) < 4.78 is 5.40. The number of hydrogen-bond donors (Lipinski definition) is 2. The zero-order chi connectivity index (χ0) is 15.1. The lowest BCUT2D eigenvalue weighted by atomic mass is 10.1. The van der Waals surface area contributed by atoms with Gasteiger partial charge in [0.05, 0.1) is 6.10 Å². The molecule has 0 fully saturated rings. The number of aliphatic hydroxyl groups is 1. The summed E-state index contributed by atoms with van der Waals surface area (Å²) >= 11 is 0. The molecule has 21 heavy (non-hydrogen) atoms. The van der Waals surface area contributed by atoms with Gasteiger partial charge in [-0.3, -0.25) is 0 Å². The smallest absolute Gasteiger partial charge is 0.174 e. The van der Waals surface area contributed by atoms with Crippen molar-refractivity contribution in [3.63, 3.8) is 0 Å². The molecule has 0 amide bonds. The van der Waals surface area contributed by atoms with Crippen molar-refractivity contribution >= 4 is 5.69 Å². The van der Waals surface area contributed by atoms with Crippen molar-refractivity contribution in [2.75, 3.05) is 11.9 Å². The average molecular weight is 282 g/mol. The molecule has 2 aromatic rings.